The zero-order valence-electron chi connectivity index (χ0n) is 9.41. The average Bonchev–Trinajstić information content (AvgIpc) is 2.15. The van der Waals surface area contributed by atoms with Crippen LogP contribution < -0.4 is 5.32 Å². The van der Waals surface area contributed by atoms with Crippen LogP contribution >= 0.6 is 0 Å². The fourth-order valence-corrected chi connectivity index (χ4v) is 2.12. The Morgan fingerprint density at radius 1 is 1.53 bits per heavy atom. The van der Waals surface area contributed by atoms with Crippen molar-refractivity contribution in [3.8, 4) is 0 Å². The van der Waals surface area contributed by atoms with Crippen molar-refractivity contribution < 1.29 is 17.4 Å². The first-order chi connectivity index (χ1) is 7.79. The molecule has 0 aliphatic carbocycles. The van der Waals surface area contributed by atoms with Crippen LogP contribution in [0.25, 0.3) is 0 Å². The van der Waals surface area contributed by atoms with Crippen LogP contribution in [0.5, 0.6) is 0 Å². The number of nitrogens with one attached hydrogen (secondary N) is 1. The Labute approximate surface area is 99.9 Å². The van der Waals surface area contributed by atoms with Gasteiger partial charge in [-0.3, -0.25) is 4.21 Å². The van der Waals surface area contributed by atoms with E-state index < -0.39 is 22.5 Å². The standard InChI is InChI=1S/C10H13F3N2OS/c1-7(6-17(2)16)15-9-5-8(3-4-14-9)10(11,12)13/h3-5,7H,6H2,1-2H3,(H,14,15). The van der Waals surface area contributed by atoms with Gasteiger partial charge in [0.05, 0.1) is 5.56 Å². The molecule has 1 aromatic rings. The smallest absolute Gasteiger partial charge is 0.367 e. The highest BCUT2D eigenvalue weighted by Crippen LogP contribution is 2.29. The van der Waals surface area contributed by atoms with Crippen LogP contribution in [0.15, 0.2) is 18.3 Å². The monoisotopic (exact) mass is 266 g/mol. The summed E-state index contributed by atoms with van der Waals surface area (Å²) in [5.41, 5.74) is -0.750. The Kier molecular flexibility index (Phi) is 4.50. The lowest BCUT2D eigenvalue weighted by Crippen LogP contribution is -2.23. The van der Waals surface area contributed by atoms with Gasteiger partial charge >= 0.3 is 6.18 Å². The number of alkyl halides is 3. The number of rotatable bonds is 4. The van der Waals surface area contributed by atoms with E-state index in [9.17, 15) is 17.4 Å². The molecule has 1 heterocycles. The summed E-state index contributed by atoms with van der Waals surface area (Å²) >= 11 is 0. The molecule has 0 aliphatic rings. The van der Waals surface area contributed by atoms with Gasteiger partial charge < -0.3 is 5.32 Å². The molecule has 96 valence electrons. The predicted octanol–water partition coefficient (Wildman–Crippen LogP) is 2.28. The Hall–Kier alpha value is -1.11. The van der Waals surface area contributed by atoms with E-state index in [0.29, 0.717) is 5.75 Å². The van der Waals surface area contributed by atoms with Crippen LogP contribution in [0, 0.1) is 0 Å². The molecule has 0 amide bonds. The van der Waals surface area contributed by atoms with Crippen molar-refractivity contribution in [3.63, 3.8) is 0 Å². The van der Waals surface area contributed by atoms with E-state index in [1.807, 2.05) is 0 Å². The van der Waals surface area contributed by atoms with Crippen molar-refractivity contribution >= 4 is 16.6 Å². The molecule has 0 bridgehead atoms. The van der Waals surface area contributed by atoms with E-state index in [1.54, 1.807) is 6.92 Å². The fraction of sp³-hybridized carbons (Fsp3) is 0.500. The Bertz CT molecular complexity index is 409. The normalized spacial score (nSPS) is 15.4. The topological polar surface area (TPSA) is 42.0 Å². The van der Waals surface area contributed by atoms with Gasteiger partial charge in [0, 0.05) is 35.0 Å². The minimum atomic E-state index is -4.38. The molecule has 0 fully saturated rings. The van der Waals surface area contributed by atoms with Crippen molar-refractivity contribution in [1.82, 2.24) is 4.98 Å². The number of aromatic nitrogens is 1. The molecule has 1 rings (SSSR count). The van der Waals surface area contributed by atoms with Crippen LogP contribution in [0.3, 0.4) is 0 Å². The summed E-state index contributed by atoms with van der Waals surface area (Å²) in [4.78, 5) is 3.79. The number of halogens is 3. The zero-order chi connectivity index (χ0) is 13.1. The minimum Gasteiger partial charge on any atom is -0.367 e. The maximum atomic E-state index is 12.4. The lowest BCUT2D eigenvalue weighted by Gasteiger charge is -2.14. The third-order valence-electron chi connectivity index (χ3n) is 1.97. The molecule has 0 saturated carbocycles. The fourth-order valence-electron chi connectivity index (χ4n) is 1.33. The molecule has 3 nitrogen and oxygen atoms in total. The highest BCUT2D eigenvalue weighted by atomic mass is 32.2. The number of hydrogen-bond acceptors (Lipinski definition) is 3. The molecule has 0 saturated heterocycles. The van der Waals surface area contributed by atoms with Crippen molar-refractivity contribution in [2.75, 3.05) is 17.3 Å². The quantitative estimate of drug-likeness (QED) is 0.909. The second kappa shape index (κ2) is 5.48. The SMILES string of the molecule is CC(CS(C)=O)Nc1cc(C(F)(F)F)ccn1. The summed E-state index contributed by atoms with van der Waals surface area (Å²) in [6, 6.07) is 1.65. The molecule has 0 radical (unpaired) electrons. The molecule has 0 spiro atoms. The summed E-state index contributed by atoms with van der Waals surface area (Å²) in [5, 5.41) is 2.78. The third-order valence-corrected chi connectivity index (χ3v) is 2.94. The van der Waals surface area contributed by atoms with E-state index in [1.165, 1.54) is 6.26 Å². The van der Waals surface area contributed by atoms with E-state index >= 15 is 0 Å². The summed E-state index contributed by atoms with van der Waals surface area (Å²) < 4.78 is 48.2. The van der Waals surface area contributed by atoms with Crippen molar-refractivity contribution in [2.45, 2.75) is 19.1 Å². The largest absolute Gasteiger partial charge is 0.416 e. The highest BCUT2D eigenvalue weighted by Gasteiger charge is 2.30. The second-order valence-electron chi connectivity index (χ2n) is 3.71. The minimum absolute atomic E-state index is 0.137. The van der Waals surface area contributed by atoms with Gasteiger partial charge in [-0.05, 0) is 19.1 Å². The van der Waals surface area contributed by atoms with Crippen LogP contribution in [-0.4, -0.2) is 27.2 Å². The number of anilines is 1. The summed E-state index contributed by atoms with van der Waals surface area (Å²) in [7, 11) is -1.00. The van der Waals surface area contributed by atoms with Crippen molar-refractivity contribution in [3.05, 3.63) is 23.9 Å². The summed E-state index contributed by atoms with van der Waals surface area (Å²) in [6.45, 7) is 1.74. The Balaban J connectivity index is 2.76. The number of pyridine rings is 1. The number of hydrogen-bond donors (Lipinski definition) is 1. The van der Waals surface area contributed by atoms with Crippen LogP contribution in [-0.2, 0) is 17.0 Å². The molecular formula is C10H13F3N2OS. The first-order valence-corrected chi connectivity index (χ1v) is 6.61. The van der Waals surface area contributed by atoms with Gasteiger partial charge in [-0.2, -0.15) is 13.2 Å². The van der Waals surface area contributed by atoms with Gasteiger partial charge in [0.1, 0.15) is 5.82 Å². The van der Waals surface area contributed by atoms with Crippen LogP contribution in [0.1, 0.15) is 12.5 Å². The summed E-state index contributed by atoms with van der Waals surface area (Å²) in [6.07, 6.45) is -1.74. The first kappa shape index (κ1) is 14.0. The van der Waals surface area contributed by atoms with Crippen LogP contribution in [0.4, 0.5) is 19.0 Å². The third kappa shape index (κ3) is 4.72. The van der Waals surface area contributed by atoms with Crippen LogP contribution in [0.2, 0.25) is 0 Å². The van der Waals surface area contributed by atoms with E-state index in [0.717, 1.165) is 18.3 Å². The summed E-state index contributed by atoms with van der Waals surface area (Å²) in [5.74, 6) is 0.496. The second-order valence-corrected chi connectivity index (χ2v) is 5.19. The molecule has 17 heavy (non-hydrogen) atoms. The predicted molar refractivity (Wildman–Crippen MR) is 61.3 cm³/mol. The molecule has 7 heteroatoms. The number of nitrogens with zero attached hydrogens (tertiary/aromatic N) is 1. The molecule has 2 unspecified atom stereocenters. The zero-order valence-corrected chi connectivity index (χ0v) is 10.2. The van der Waals surface area contributed by atoms with E-state index in [-0.39, 0.29) is 11.9 Å². The Morgan fingerprint density at radius 3 is 2.71 bits per heavy atom. The van der Waals surface area contributed by atoms with Gasteiger partial charge in [-0.1, -0.05) is 0 Å². The van der Waals surface area contributed by atoms with E-state index in [4.69, 9.17) is 0 Å². The lowest BCUT2D eigenvalue weighted by atomic mass is 10.2. The molecule has 0 aliphatic heterocycles. The van der Waals surface area contributed by atoms with Crippen molar-refractivity contribution in [1.29, 1.82) is 0 Å². The average molecular weight is 266 g/mol. The molecule has 1 N–H and O–H groups in total. The lowest BCUT2D eigenvalue weighted by molar-refractivity contribution is -0.137. The van der Waals surface area contributed by atoms with Gasteiger partial charge in [-0.15, -0.1) is 0 Å². The maximum Gasteiger partial charge on any atom is 0.416 e. The van der Waals surface area contributed by atoms with E-state index in [2.05, 4.69) is 10.3 Å². The first-order valence-electron chi connectivity index (χ1n) is 4.89. The molecular weight excluding hydrogens is 253 g/mol. The Morgan fingerprint density at radius 2 is 2.18 bits per heavy atom. The molecule has 2 atom stereocenters. The van der Waals surface area contributed by atoms with Gasteiger partial charge in [0.25, 0.3) is 0 Å². The van der Waals surface area contributed by atoms with Crippen molar-refractivity contribution in [2.24, 2.45) is 0 Å². The van der Waals surface area contributed by atoms with Gasteiger partial charge in [0.15, 0.2) is 0 Å². The van der Waals surface area contributed by atoms with Gasteiger partial charge in [-0.25, -0.2) is 4.98 Å². The molecule has 0 aromatic carbocycles. The highest BCUT2D eigenvalue weighted by molar-refractivity contribution is 7.84. The molecule has 1 aromatic heterocycles. The van der Waals surface area contributed by atoms with Gasteiger partial charge in [0.2, 0.25) is 0 Å². The maximum absolute atomic E-state index is 12.4.